The SMILES string of the molecule is Cc1cccc(S(=O)(=O)N(CC(=O)Nc2cc(F)cc(F)c2)c2ccccc2)c1. The number of rotatable bonds is 6. The van der Waals surface area contributed by atoms with E-state index in [2.05, 4.69) is 5.32 Å². The first-order valence-electron chi connectivity index (χ1n) is 8.66. The molecule has 0 bridgehead atoms. The smallest absolute Gasteiger partial charge is 0.264 e. The summed E-state index contributed by atoms with van der Waals surface area (Å²) < 4.78 is 54.1. The number of nitrogens with zero attached hydrogens (tertiary/aromatic N) is 1. The zero-order chi connectivity index (χ0) is 21.0. The number of anilines is 2. The number of hydrogen-bond acceptors (Lipinski definition) is 3. The molecule has 0 aliphatic heterocycles. The molecule has 0 unspecified atom stereocenters. The van der Waals surface area contributed by atoms with Gasteiger partial charge in [-0.25, -0.2) is 17.2 Å². The van der Waals surface area contributed by atoms with Crippen molar-refractivity contribution in [3.8, 4) is 0 Å². The number of nitrogens with one attached hydrogen (secondary N) is 1. The molecule has 0 saturated heterocycles. The summed E-state index contributed by atoms with van der Waals surface area (Å²) >= 11 is 0. The average molecular weight is 416 g/mol. The van der Waals surface area contributed by atoms with Crippen molar-refractivity contribution in [2.75, 3.05) is 16.2 Å². The van der Waals surface area contributed by atoms with Gasteiger partial charge in [0.15, 0.2) is 0 Å². The van der Waals surface area contributed by atoms with Gasteiger partial charge in [-0.2, -0.15) is 0 Å². The third-order valence-electron chi connectivity index (χ3n) is 4.06. The summed E-state index contributed by atoms with van der Waals surface area (Å²) in [6.45, 7) is 1.19. The van der Waals surface area contributed by atoms with Crippen molar-refractivity contribution >= 4 is 27.3 Å². The second-order valence-corrected chi connectivity index (χ2v) is 8.23. The lowest BCUT2D eigenvalue weighted by Gasteiger charge is -2.24. The largest absolute Gasteiger partial charge is 0.324 e. The highest BCUT2D eigenvalue weighted by Crippen LogP contribution is 2.24. The maximum absolute atomic E-state index is 13.4. The highest BCUT2D eigenvalue weighted by molar-refractivity contribution is 7.92. The van der Waals surface area contributed by atoms with E-state index in [4.69, 9.17) is 0 Å². The number of amides is 1. The molecule has 5 nitrogen and oxygen atoms in total. The second-order valence-electron chi connectivity index (χ2n) is 6.37. The van der Waals surface area contributed by atoms with Crippen LogP contribution in [0.1, 0.15) is 5.56 Å². The maximum Gasteiger partial charge on any atom is 0.264 e. The molecule has 3 rings (SSSR count). The van der Waals surface area contributed by atoms with Crippen molar-refractivity contribution in [1.29, 1.82) is 0 Å². The van der Waals surface area contributed by atoms with Crippen LogP contribution in [-0.4, -0.2) is 20.9 Å². The Morgan fingerprint density at radius 2 is 1.59 bits per heavy atom. The lowest BCUT2D eigenvalue weighted by atomic mass is 10.2. The Morgan fingerprint density at radius 1 is 0.931 bits per heavy atom. The van der Waals surface area contributed by atoms with Crippen molar-refractivity contribution < 1.29 is 22.0 Å². The Morgan fingerprint density at radius 3 is 2.21 bits per heavy atom. The Kier molecular flexibility index (Phi) is 5.93. The molecule has 0 spiro atoms. The Bertz CT molecular complexity index is 1120. The quantitative estimate of drug-likeness (QED) is 0.658. The van der Waals surface area contributed by atoms with Gasteiger partial charge in [-0.05, 0) is 48.9 Å². The topological polar surface area (TPSA) is 66.5 Å². The molecule has 1 amide bonds. The lowest BCUT2D eigenvalue weighted by molar-refractivity contribution is -0.114. The summed E-state index contributed by atoms with van der Waals surface area (Å²) in [7, 11) is -4.06. The second kappa shape index (κ2) is 8.40. The summed E-state index contributed by atoms with van der Waals surface area (Å²) in [4.78, 5) is 12.5. The van der Waals surface area contributed by atoms with Crippen LogP contribution in [0.15, 0.2) is 77.7 Å². The molecule has 0 atom stereocenters. The number of para-hydroxylation sites is 1. The summed E-state index contributed by atoms with van der Waals surface area (Å²) in [5.41, 5.74) is 0.932. The van der Waals surface area contributed by atoms with Crippen LogP contribution < -0.4 is 9.62 Å². The molecule has 0 aliphatic carbocycles. The van der Waals surface area contributed by atoms with E-state index in [0.29, 0.717) is 6.07 Å². The van der Waals surface area contributed by atoms with E-state index < -0.39 is 34.1 Å². The molecule has 0 radical (unpaired) electrons. The predicted octanol–water partition coefficient (Wildman–Crippen LogP) is 4.11. The van der Waals surface area contributed by atoms with Crippen molar-refractivity contribution in [2.24, 2.45) is 0 Å². The van der Waals surface area contributed by atoms with Gasteiger partial charge in [-0.1, -0.05) is 30.3 Å². The number of hydrogen-bond donors (Lipinski definition) is 1. The molecule has 1 N–H and O–H groups in total. The van der Waals surface area contributed by atoms with Gasteiger partial charge in [0, 0.05) is 11.8 Å². The van der Waals surface area contributed by atoms with Crippen LogP contribution in [-0.2, 0) is 14.8 Å². The van der Waals surface area contributed by atoms with E-state index in [1.54, 1.807) is 49.4 Å². The first kappa shape index (κ1) is 20.5. The molecular weight excluding hydrogens is 398 g/mol. The average Bonchev–Trinajstić information content (AvgIpc) is 2.66. The summed E-state index contributed by atoms with van der Waals surface area (Å²) in [5.74, 6) is -2.45. The molecular formula is C21H18F2N2O3S. The molecule has 0 aromatic heterocycles. The van der Waals surface area contributed by atoms with Gasteiger partial charge >= 0.3 is 0 Å². The minimum absolute atomic E-state index is 0.0333. The zero-order valence-corrected chi connectivity index (χ0v) is 16.3. The number of carbonyl (C=O) groups excluding carboxylic acids is 1. The van der Waals surface area contributed by atoms with Gasteiger partial charge in [0.1, 0.15) is 18.2 Å². The number of benzene rings is 3. The van der Waals surface area contributed by atoms with Crippen LogP contribution in [0.4, 0.5) is 20.2 Å². The van der Waals surface area contributed by atoms with E-state index in [1.807, 2.05) is 0 Å². The predicted molar refractivity (Wildman–Crippen MR) is 107 cm³/mol. The maximum atomic E-state index is 13.4. The third kappa shape index (κ3) is 4.97. The number of halogens is 2. The molecule has 0 fully saturated rings. The first-order chi connectivity index (χ1) is 13.8. The fourth-order valence-corrected chi connectivity index (χ4v) is 4.30. The molecule has 0 heterocycles. The van der Waals surface area contributed by atoms with E-state index >= 15 is 0 Å². The monoisotopic (exact) mass is 416 g/mol. The number of sulfonamides is 1. The van der Waals surface area contributed by atoms with Gasteiger partial charge in [0.25, 0.3) is 10.0 Å². The zero-order valence-electron chi connectivity index (χ0n) is 15.5. The van der Waals surface area contributed by atoms with Crippen molar-refractivity contribution in [2.45, 2.75) is 11.8 Å². The number of carbonyl (C=O) groups is 1. The molecule has 3 aromatic carbocycles. The Balaban J connectivity index is 1.93. The molecule has 150 valence electrons. The van der Waals surface area contributed by atoms with Crippen LogP contribution in [0.25, 0.3) is 0 Å². The van der Waals surface area contributed by atoms with Crippen molar-refractivity contribution in [1.82, 2.24) is 0 Å². The minimum atomic E-state index is -4.06. The molecule has 0 saturated carbocycles. The van der Waals surface area contributed by atoms with Crippen molar-refractivity contribution in [3.05, 3.63) is 90.0 Å². The van der Waals surface area contributed by atoms with Crippen molar-refractivity contribution in [3.63, 3.8) is 0 Å². The van der Waals surface area contributed by atoms with Gasteiger partial charge in [-0.3, -0.25) is 9.10 Å². The fourth-order valence-electron chi connectivity index (χ4n) is 2.77. The first-order valence-corrected chi connectivity index (χ1v) is 10.1. The third-order valence-corrected chi connectivity index (χ3v) is 5.83. The van der Waals surface area contributed by atoms with Crippen LogP contribution in [0.3, 0.4) is 0 Å². The molecule has 0 aliphatic rings. The van der Waals surface area contributed by atoms with Crippen LogP contribution >= 0.6 is 0 Å². The van der Waals surface area contributed by atoms with Gasteiger partial charge in [-0.15, -0.1) is 0 Å². The molecule has 8 heteroatoms. The Hall–Kier alpha value is -3.26. The van der Waals surface area contributed by atoms with Crippen LogP contribution in [0.5, 0.6) is 0 Å². The number of aryl methyl sites for hydroxylation is 1. The van der Waals surface area contributed by atoms with E-state index in [-0.39, 0.29) is 16.3 Å². The van der Waals surface area contributed by atoms with Gasteiger partial charge in [0.05, 0.1) is 10.6 Å². The van der Waals surface area contributed by atoms with E-state index in [0.717, 1.165) is 22.0 Å². The highest BCUT2D eigenvalue weighted by Gasteiger charge is 2.27. The molecule has 3 aromatic rings. The summed E-state index contributed by atoms with van der Waals surface area (Å²) in [5, 5.41) is 2.33. The summed E-state index contributed by atoms with van der Waals surface area (Å²) in [6.07, 6.45) is 0. The summed E-state index contributed by atoms with van der Waals surface area (Å²) in [6, 6.07) is 17.0. The van der Waals surface area contributed by atoms with E-state index in [9.17, 15) is 22.0 Å². The highest BCUT2D eigenvalue weighted by atomic mass is 32.2. The Labute approximate surface area is 167 Å². The normalized spacial score (nSPS) is 11.1. The van der Waals surface area contributed by atoms with Gasteiger partial charge < -0.3 is 5.32 Å². The van der Waals surface area contributed by atoms with Gasteiger partial charge in [0.2, 0.25) is 5.91 Å². The minimum Gasteiger partial charge on any atom is -0.324 e. The molecule has 29 heavy (non-hydrogen) atoms. The van der Waals surface area contributed by atoms with Crippen LogP contribution in [0, 0.1) is 18.6 Å². The fraction of sp³-hybridized carbons (Fsp3) is 0.0952. The van der Waals surface area contributed by atoms with Crippen LogP contribution in [0.2, 0.25) is 0 Å². The van der Waals surface area contributed by atoms with E-state index in [1.165, 1.54) is 12.1 Å². The standard InChI is InChI=1S/C21H18F2N2O3S/c1-15-6-5-9-20(10-15)29(27,28)25(19-7-3-2-4-8-19)14-21(26)24-18-12-16(22)11-17(23)13-18/h2-13H,14H2,1H3,(H,24,26). The lowest BCUT2D eigenvalue weighted by Crippen LogP contribution is -2.38.